The van der Waals surface area contributed by atoms with E-state index in [2.05, 4.69) is 45.4 Å². The van der Waals surface area contributed by atoms with Gasteiger partial charge < -0.3 is 15.0 Å². The first-order chi connectivity index (χ1) is 10.8. The summed E-state index contributed by atoms with van der Waals surface area (Å²) in [5.74, 6) is 1.66. The van der Waals surface area contributed by atoms with E-state index < -0.39 is 0 Å². The first-order valence-corrected chi connectivity index (χ1v) is 8.62. The zero-order valence-corrected chi connectivity index (χ0v) is 15.5. The summed E-state index contributed by atoms with van der Waals surface area (Å²) in [4.78, 5) is 13.5. The Bertz CT molecular complexity index is 467. The van der Waals surface area contributed by atoms with Gasteiger partial charge in [0.05, 0.1) is 33.3 Å². The lowest BCUT2D eigenvalue weighted by Gasteiger charge is -2.21. The molecule has 0 heterocycles. The fraction of sp³-hybridized carbons (Fsp3) is 0.632. The summed E-state index contributed by atoms with van der Waals surface area (Å²) in [5, 5.41) is 3.02. The average molecular weight is 321 g/mol. The van der Waals surface area contributed by atoms with Crippen molar-refractivity contribution in [3.8, 4) is 5.75 Å². The third kappa shape index (κ3) is 7.51. The van der Waals surface area contributed by atoms with E-state index in [-0.39, 0.29) is 17.9 Å². The Balaban J connectivity index is 2.65. The van der Waals surface area contributed by atoms with Gasteiger partial charge in [-0.25, -0.2) is 0 Å². The molecule has 1 atom stereocenters. The molecule has 0 aliphatic carbocycles. The van der Waals surface area contributed by atoms with Crippen LogP contribution in [0.2, 0.25) is 0 Å². The van der Waals surface area contributed by atoms with Crippen LogP contribution >= 0.6 is 0 Å². The maximum absolute atomic E-state index is 12.2. The van der Waals surface area contributed by atoms with Gasteiger partial charge in [0.25, 0.3) is 0 Å². The number of carbonyl (C=O) groups is 1. The van der Waals surface area contributed by atoms with E-state index >= 15 is 0 Å². The fourth-order valence-corrected chi connectivity index (χ4v) is 2.53. The summed E-state index contributed by atoms with van der Waals surface area (Å²) >= 11 is 0. The van der Waals surface area contributed by atoms with Crippen molar-refractivity contribution in [1.82, 2.24) is 5.32 Å². The normalized spacial score (nSPS) is 12.7. The molecule has 2 N–H and O–H groups in total. The molecule has 1 rings (SSSR count). The predicted octanol–water partition coefficient (Wildman–Crippen LogP) is 1.86. The zero-order valence-electron chi connectivity index (χ0n) is 15.5. The lowest BCUT2D eigenvalue weighted by Crippen LogP contribution is -3.06. The van der Waals surface area contributed by atoms with Crippen LogP contribution in [0.3, 0.4) is 0 Å². The number of benzene rings is 1. The number of carbonyl (C=O) groups excluding carboxylic acids is 1. The summed E-state index contributed by atoms with van der Waals surface area (Å²) in [6.07, 6.45) is 0.705. The molecular formula is C19H33N2O2+. The van der Waals surface area contributed by atoms with Crippen LogP contribution in [0, 0.1) is 5.92 Å². The summed E-state index contributed by atoms with van der Waals surface area (Å²) in [7, 11) is 4.17. The molecule has 0 aliphatic rings. The van der Waals surface area contributed by atoms with E-state index in [9.17, 15) is 4.79 Å². The van der Waals surface area contributed by atoms with Crippen molar-refractivity contribution in [2.75, 3.05) is 27.2 Å². The second-order valence-electron chi connectivity index (χ2n) is 7.10. The molecule has 1 aromatic rings. The molecule has 0 aromatic heterocycles. The largest absolute Gasteiger partial charge is 0.491 e. The number of rotatable bonds is 9. The zero-order chi connectivity index (χ0) is 17.4. The molecule has 4 nitrogen and oxygen atoms in total. The van der Waals surface area contributed by atoms with Gasteiger partial charge in [-0.15, -0.1) is 0 Å². The maximum Gasteiger partial charge on any atom is 0.220 e. The van der Waals surface area contributed by atoms with Gasteiger partial charge in [0.1, 0.15) is 5.75 Å². The number of quaternary nitrogens is 1. The van der Waals surface area contributed by atoms with Crippen LogP contribution < -0.4 is 15.0 Å². The quantitative estimate of drug-likeness (QED) is 0.729. The van der Waals surface area contributed by atoms with E-state index in [0.29, 0.717) is 12.3 Å². The first-order valence-electron chi connectivity index (χ1n) is 8.62. The van der Waals surface area contributed by atoms with Crippen LogP contribution in [0.15, 0.2) is 24.3 Å². The predicted molar refractivity (Wildman–Crippen MR) is 95.1 cm³/mol. The maximum atomic E-state index is 12.2. The third-order valence-electron chi connectivity index (χ3n) is 3.84. The van der Waals surface area contributed by atoms with Gasteiger partial charge in [-0.2, -0.15) is 0 Å². The number of nitrogens with one attached hydrogen (secondary N) is 2. The van der Waals surface area contributed by atoms with Crippen molar-refractivity contribution in [3.63, 3.8) is 0 Å². The van der Waals surface area contributed by atoms with E-state index in [0.717, 1.165) is 18.8 Å². The highest BCUT2D eigenvalue weighted by molar-refractivity contribution is 5.76. The summed E-state index contributed by atoms with van der Waals surface area (Å²) in [5.41, 5.74) is 1.20. The molecule has 130 valence electrons. The van der Waals surface area contributed by atoms with Crippen molar-refractivity contribution in [2.24, 2.45) is 5.92 Å². The summed E-state index contributed by atoms with van der Waals surface area (Å²) in [6, 6.07) is 8.16. The van der Waals surface area contributed by atoms with E-state index in [1.54, 1.807) is 0 Å². The minimum absolute atomic E-state index is 0.132. The average Bonchev–Trinajstić information content (AvgIpc) is 2.44. The number of likely N-dealkylation sites (N-methyl/N-ethyl adjacent to an activating group) is 1. The monoisotopic (exact) mass is 321 g/mol. The molecule has 0 radical (unpaired) electrons. The van der Waals surface area contributed by atoms with Crippen molar-refractivity contribution >= 4 is 5.91 Å². The van der Waals surface area contributed by atoms with Crippen molar-refractivity contribution < 1.29 is 14.4 Å². The lowest BCUT2D eigenvalue weighted by atomic mass is 9.85. The van der Waals surface area contributed by atoms with Crippen LogP contribution in [-0.4, -0.2) is 39.2 Å². The Morgan fingerprint density at radius 3 is 2.22 bits per heavy atom. The molecule has 0 bridgehead atoms. The van der Waals surface area contributed by atoms with Crippen molar-refractivity contribution in [3.05, 3.63) is 29.8 Å². The molecule has 0 saturated heterocycles. The Morgan fingerprint density at radius 2 is 1.74 bits per heavy atom. The molecule has 0 aliphatic heterocycles. The SMILES string of the molecule is CC(C)Oc1ccc([C@@H](CC(=O)NCC[NH+](C)C)C(C)C)cc1. The Kier molecular flexibility index (Phi) is 8.10. The van der Waals surface area contributed by atoms with E-state index in [1.807, 2.05) is 26.0 Å². The molecule has 0 unspecified atom stereocenters. The highest BCUT2D eigenvalue weighted by atomic mass is 16.5. The van der Waals surface area contributed by atoms with E-state index in [4.69, 9.17) is 4.74 Å². The molecule has 0 spiro atoms. The van der Waals surface area contributed by atoms with Gasteiger partial charge in [-0.05, 0) is 43.4 Å². The Morgan fingerprint density at radius 1 is 1.13 bits per heavy atom. The van der Waals surface area contributed by atoms with Gasteiger partial charge in [0, 0.05) is 6.42 Å². The lowest BCUT2D eigenvalue weighted by molar-refractivity contribution is -0.856. The minimum atomic E-state index is 0.132. The van der Waals surface area contributed by atoms with Crippen LogP contribution in [0.1, 0.15) is 45.6 Å². The fourth-order valence-electron chi connectivity index (χ4n) is 2.53. The molecule has 1 amide bonds. The molecule has 23 heavy (non-hydrogen) atoms. The van der Waals surface area contributed by atoms with Crippen LogP contribution in [0.4, 0.5) is 0 Å². The highest BCUT2D eigenvalue weighted by Gasteiger charge is 2.19. The number of hydrogen-bond acceptors (Lipinski definition) is 2. The Hall–Kier alpha value is -1.55. The number of hydrogen-bond donors (Lipinski definition) is 2. The van der Waals surface area contributed by atoms with Crippen molar-refractivity contribution in [2.45, 2.75) is 46.1 Å². The first kappa shape index (κ1) is 19.5. The standard InChI is InChI=1S/C19H32N2O2/c1-14(2)18(13-19(22)20-11-12-21(5)6)16-7-9-17(10-8-16)23-15(3)4/h7-10,14-15,18H,11-13H2,1-6H3,(H,20,22)/p+1/t18-/m0/s1. The van der Waals surface area contributed by atoms with Gasteiger partial charge >= 0.3 is 0 Å². The van der Waals surface area contributed by atoms with Crippen LogP contribution in [0.25, 0.3) is 0 Å². The molecule has 1 aromatic carbocycles. The van der Waals surface area contributed by atoms with Gasteiger partial charge in [-0.1, -0.05) is 26.0 Å². The summed E-state index contributed by atoms with van der Waals surface area (Å²) in [6.45, 7) is 10.0. The third-order valence-corrected chi connectivity index (χ3v) is 3.84. The second-order valence-corrected chi connectivity index (χ2v) is 7.10. The topological polar surface area (TPSA) is 42.8 Å². The van der Waals surface area contributed by atoms with Crippen molar-refractivity contribution in [1.29, 1.82) is 0 Å². The molecule has 0 saturated carbocycles. The number of ether oxygens (including phenoxy) is 1. The van der Waals surface area contributed by atoms with Gasteiger partial charge in [0.2, 0.25) is 5.91 Å². The second kappa shape index (κ2) is 9.56. The Labute approximate surface area is 141 Å². The van der Waals surface area contributed by atoms with Gasteiger partial charge in [-0.3, -0.25) is 4.79 Å². The smallest absolute Gasteiger partial charge is 0.220 e. The van der Waals surface area contributed by atoms with Gasteiger partial charge in [0.15, 0.2) is 0 Å². The minimum Gasteiger partial charge on any atom is -0.491 e. The summed E-state index contributed by atoms with van der Waals surface area (Å²) < 4.78 is 5.68. The molecule has 4 heteroatoms. The molecular weight excluding hydrogens is 288 g/mol. The van der Waals surface area contributed by atoms with Crippen LogP contribution in [0.5, 0.6) is 5.75 Å². The molecule has 0 fully saturated rings. The number of amides is 1. The van der Waals surface area contributed by atoms with E-state index in [1.165, 1.54) is 10.5 Å². The highest BCUT2D eigenvalue weighted by Crippen LogP contribution is 2.29. The van der Waals surface area contributed by atoms with Crippen LogP contribution in [-0.2, 0) is 4.79 Å².